The second-order valence-electron chi connectivity index (χ2n) is 19.6. The summed E-state index contributed by atoms with van der Waals surface area (Å²) in [6.45, 7) is 20.4. The fourth-order valence-electron chi connectivity index (χ4n) is 9.06. The number of methoxy groups -OCH3 is 2. The number of ether oxygens (including phenoxy) is 2. The Morgan fingerprint density at radius 1 is 0.905 bits per heavy atom. The number of nitrogens with zero attached hydrogens (tertiary/aromatic N) is 6. The van der Waals surface area contributed by atoms with Crippen molar-refractivity contribution >= 4 is 29.4 Å². The van der Waals surface area contributed by atoms with Crippen LogP contribution in [0.5, 0.6) is 0 Å². The number of likely N-dealkylation sites (N-methyl/N-ethyl adjacent to an activating group) is 2. The van der Waals surface area contributed by atoms with E-state index in [4.69, 9.17) is 9.47 Å². The quantitative estimate of drug-likeness (QED) is 0.145. The van der Waals surface area contributed by atoms with Gasteiger partial charge >= 0.3 is 0 Å². The molecule has 2 N–H and O–H groups in total. The molecule has 15 heteroatoms. The van der Waals surface area contributed by atoms with Crippen LogP contribution in [0.2, 0.25) is 0 Å². The molecule has 2 heterocycles. The summed E-state index contributed by atoms with van der Waals surface area (Å²) in [5, 5.41) is 14.5. The summed E-state index contributed by atoms with van der Waals surface area (Å²) in [5.74, 6) is -2.43. The van der Waals surface area contributed by atoms with Gasteiger partial charge < -0.3 is 29.9 Å². The molecular formula is C48H80N8O7. The van der Waals surface area contributed by atoms with Crippen molar-refractivity contribution in [2.24, 2.45) is 29.6 Å². The number of aromatic nitrogens is 3. The first-order valence-corrected chi connectivity index (χ1v) is 22.9. The zero-order valence-corrected chi connectivity index (χ0v) is 41.0. The second kappa shape index (κ2) is 24.2. The molecular weight excluding hydrogens is 801 g/mol. The number of amides is 4. The van der Waals surface area contributed by atoms with Gasteiger partial charge in [0.25, 0.3) is 0 Å². The van der Waals surface area contributed by atoms with E-state index in [9.17, 15) is 24.0 Å². The molecule has 1 aromatic carbocycles. The maximum atomic E-state index is 14.4. The standard InChI is InChI=1S/C48H80N8O7/c1-16-32(6)43(54(13)47(61)41(30(2)3)50-46(60)42(31(4)5)53(11)12)39(62-14)27-40(58)55-24-20-23-37(55)44(63-15)33(7)38(57)26-35(25-34-21-18-17-19-22-34)45(59)49-28-36-29-56(52-51-36)48(8,9)10/h17-19,21-22,29-33,35,37,39,41-44H,16,20,23-28H2,1-15H3,(H,49,59)(H,50,60)/t32-,33-,35+,37-,39+,41-,42-,43-,44+/m0/s1. The minimum Gasteiger partial charge on any atom is -0.379 e. The van der Waals surface area contributed by atoms with Crippen LogP contribution in [0, 0.1) is 29.6 Å². The summed E-state index contributed by atoms with van der Waals surface area (Å²) in [6, 6.07) is 7.61. The molecule has 63 heavy (non-hydrogen) atoms. The SMILES string of the molecule is CC[C@H](C)[C@@H]([C@@H](CC(=O)N1CCC[C@H]1[C@H](OC)[C@@H](C)C(=O)C[C@@H](Cc1ccccc1)C(=O)NCc1cn(C(C)(C)C)nn1)OC)N(C)C(=O)[C@@H](NC(=O)[C@H](C(C)C)N(C)C)C(C)C. The third-order valence-electron chi connectivity index (χ3n) is 12.9. The van der Waals surface area contributed by atoms with E-state index in [0.717, 1.165) is 18.4 Å². The maximum Gasteiger partial charge on any atom is 0.245 e. The third-order valence-corrected chi connectivity index (χ3v) is 12.9. The Labute approximate surface area is 377 Å². The molecule has 9 atom stereocenters. The van der Waals surface area contributed by atoms with Crippen molar-refractivity contribution in [2.45, 2.75) is 156 Å². The number of ketones is 1. The van der Waals surface area contributed by atoms with Crippen LogP contribution >= 0.6 is 0 Å². The number of carbonyl (C=O) groups excluding carboxylic acids is 5. The summed E-state index contributed by atoms with van der Waals surface area (Å²) in [6.07, 6.45) is 3.04. The average Bonchev–Trinajstić information content (AvgIpc) is 3.92. The van der Waals surface area contributed by atoms with Crippen LogP contribution in [0.25, 0.3) is 0 Å². The Kier molecular flexibility index (Phi) is 20.4. The van der Waals surface area contributed by atoms with Crippen molar-refractivity contribution < 1.29 is 33.4 Å². The number of hydrogen-bond donors (Lipinski definition) is 2. The first kappa shape index (κ1) is 53.1. The van der Waals surface area contributed by atoms with E-state index in [1.165, 1.54) is 0 Å². The average molecular weight is 881 g/mol. The Hall–Kier alpha value is -4.21. The van der Waals surface area contributed by atoms with Gasteiger partial charge in [-0.15, -0.1) is 5.10 Å². The number of likely N-dealkylation sites (tertiary alicyclic amines) is 1. The van der Waals surface area contributed by atoms with Crippen LogP contribution < -0.4 is 10.6 Å². The van der Waals surface area contributed by atoms with Gasteiger partial charge in [-0.05, 0) is 77.4 Å². The third kappa shape index (κ3) is 14.4. The predicted molar refractivity (Wildman–Crippen MR) is 245 cm³/mol. The maximum absolute atomic E-state index is 14.4. The molecule has 1 aliphatic heterocycles. The topological polar surface area (TPSA) is 168 Å². The van der Waals surface area contributed by atoms with Crippen molar-refractivity contribution in [3.63, 3.8) is 0 Å². The van der Waals surface area contributed by atoms with Crippen LogP contribution in [0.3, 0.4) is 0 Å². The molecule has 3 rings (SSSR count). The number of benzene rings is 1. The van der Waals surface area contributed by atoms with Crippen LogP contribution in [0.4, 0.5) is 0 Å². The van der Waals surface area contributed by atoms with Gasteiger partial charge in [0.15, 0.2) is 0 Å². The van der Waals surface area contributed by atoms with Gasteiger partial charge in [-0.3, -0.25) is 28.9 Å². The molecule has 0 radical (unpaired) electrons. The normalized spacial score (nSPS) is 18.4. The lowest BCUT2D eigenvalue weighted by Gasteiger charge is -2.41. The lowest BCUT2D eigenvalue weighted by molar-refractivity contribution is -0.148. The van der Waals surface area contributed by atoms with E-state index in [-0.39, 0.29) is 78.1 Å². The molecule has 0 spiro atoms. The molecule has 1 saturated heterocycles. The van der Waals surface area contributed by atoms with Crippen molar-refractivity contribution in [2.75, 3.05) is 41.9 Å². The molecule has 1 aromatic heterocycles. The molecule has 4 amide bonds. The first-order chi connectivity index (χ1) is 29.6. The molecule has 0 unspecified atom stereocenters. The molecule has 354 valence electrons. The van der Waals surface area contributed by atoms with Crippen molar-refractivity contribution in [1.82, 2.24) is 40.3 Å². The monoisotopic (exact) mass is 881 g/mol. The largest absolute Gasteiger partial charge is 0.379 e. The highest BCUT2D eigenvalue weighted by Gasteiger charge is 2.43. The molecule has 15 nitrogen and oxygen atoms in total. The summed E-state index contributed by atoms with van der Waals surface area (Å²) >= 11 is 0. The van der Waals surface area contributed by atoms with Crippen LogP contribution in [-0.2, 0) is 52.0 Å². The summed E-state index contributed by atoms with van der Waals surface area (Å²) in [4.78, 5) is 75.7. The number of rotatable bonds is 24. The fourth-order valence-corrected chi connectivity index (χ4v) is 9.06. The Bertz CT molecular complexity index is 1770. The van der Waals surface area contributed by atoms with Crippen LogP contribution in [0.15, 0.2) is 36.5 Å². The molecule has 0 bridgehead atoms. The number of nitrogens with one attached hydrogen (secondary N) is 2. The zero-order chi connectivity index (χ0) is 47.3. The predicted octanol–water partition coefficient (Wildman–Crippen LogP) is 5.11. The number of hydrogen-bond acceptors (Lipinski definition) is 10. The number of carbonyl (C=O) groups is 5. The summed E-state index contributed by atoms with van der Waals surface area (Å²) in [7, 11) is 8.58. The minimum atomic E-state index is -0.776. The second-order valence-corrected chi connectivity index (χ2v) is 19.6. The smallest absolute Gasteiger partial charge is 0.245 e. The van der Waals surface area contributed by atoms with Gasteiger partial charge in [-0.1, -0.05) is 90.4 Å². The van der Waals surface area contributed by atoms with Crippen molar-refractivity contribution in [3.8, 4) is 0 Å². The highest BCUT2D eigenvalue weighted by atomic mass is 16.5. The highest BCUT2D eigenvalue weighted by Crippen LogP contribution is 2.31. The van der Waals surface area contributed by atoms with Crippen molar-refractivity contribution in [1.29, 1.82) is 0 Å². The Morgan fingerprint density at radius 2 is 1.56 bits per heavy atom. The Morgan fingerprint density at radius 3 is 2.08 bits per heavy atom. The zero-order valence-electron chi connectivity index (χ0n) is 41.0. The van der Waals surface area contributed by atoms with E-state index in [0.29, 0.717) is 25.1 Å². The van der Waals surface area contributed by atoms with Gasteiger partial charge in [-0.25, -0.2) is 4.68 Å². The van der Waals surface area contributed by atoms with E-state index in [1.807, 2.05) is 130 Å². The Balaban J connectivity index is 1.80. The van der Waals surface area contributed by atoms with Gasteiger partial charge in [0.05, 0.1) is 55.0 Å². The van der Waals surface area contributed by atoms with Gasteiger partial charge in [0, 0.05) is 46.1 Å². The van der Waals surface area contributed by atoms with Crippen molar-refractivity contribution in [3.05, 3.63) is 47.8 Å². The van der Waals surface area contributed by atoms with Gasteiger partial charge in [0.2, 0.25) is 23.6 Å². The van der Waals surface area contributed by atoms with E-state index in [2.05, 4.69) is 20.9 Å². The molecule has 1 aliphatic rings. The van der Waals surface area contributed by atoms with Crippen LogP contribution in [-0.4, -0.2) is 137 Å². The van der Waals surface area contributed by atoms with Gasteiger partial charge in [-0.2, -0.15) is 0 Å². The van der Waals surface area contributed by atoms with Gasteiger partial charge in [0.1, 0.15) is 17.5 Å². The molecule has 0 aliphatic carbocycles. The molecule has 1 fully saturated rings. The van der Waals surface area contributed by atoms with Crippen LogP contribution in [0.1, 0.15) is 113 Å². The summed E-state index contributed by atoms with van der Waals surface area (Å²) in [5.41, 5.74) is 1.30. The number of Topliss-reactive ketones (excluding diaryl/α,β-unsaturated/α-hetero) is 1. The molecule has 2 aromatic rings. The minimum absolute atomic E-state index is 0.00903. The first-order valence-electron chi connectivity index (χ1n) is 22.9. The molecule has 0 saturated carbocycles. The highest BCUT2D eigenvalue weighted by molar-refractivity contribution is 5.90. The fraction of sp³-hybridized carbons (Fsp3) is 0.729. The lowest BCUT2D eigenvalue weighted by Crippen LogP contribution is -2.59. The van der Waals surface area contributed by atoms with E-state index < -0.39 is 42.2 Å². The summed E-state index contributed by atoms with van der Waals surface area (Å²) < 4.78 is 13.9. The van der Waals surface area contributed by atoms with E-state index >= 15 is 0 Å². The van der Waals surface area contributed by atoms with E-state index in [1.54, 1.807) is 30.8 Å². The lowest BCUT2D eigenvalue weighted by atomic mass is 9.85.